The molecule has 0 aliphatic heterocycles. The highest BCUT2D eigenvalue weighted by Gasteiger charge is 2.30. The number of halogens is 1. The molecule has 112 valence electrons. The molecule has 2 rings (SSSR count). The standard InChI is InChI=1S/C16H18ClNO2S/c1-16(13-17,15-10-6-3-7-11-15)18-21(19,20)12-14-8-4-2-5-9-14/h2-11,18H,12-13H2,1H3. The molecule has 0 radical (unpaired) electrons. The smallest absolute Gasteiger partial charge is 0.212 e. The van der Waals surface area contributed by atoms with Gasteiger partial charge in [0.15, 0.2) is 0 Å². The van der Waals surface area contributed by atoms with Gasteiger partial charge in [0.05, 0.1) is 11.3 Å². The maximum Gasteiger partial charge on any atom is 0.216 e. The third kappa shape index (κ3) is 4.30. The van der Waals surface area contributed by atoms with Crippen LogP contribution in [0, 0.1) is 0 Å². The molecule has 0 aliphatic carbocycles. The minimum atomic E-state index is -3.49. The fraction of sp³-hybridized carbons (Fsp3) is 0.250. The van der Waals surface area contributed by atoms with Crippen molar-refractivity contribution in [3.63, 3.8) is 0 Å². The first-order valence-electron chi connectivity index (χ1n) is 6.62. The quantitative estimate of drug-likeness (QED) is 0.829. The summed E-state index contributed by atoms with van der Waals surface area (Å²) < 4.78 is 27.5. The third-order valence-electron chi connectivity index (χ3n) is 3.26. The first-order valence-corrected chi connectivity index (χ1v) is 8.81. The van der Waals surface area contributed by atoms with Crippen LogP contribution < -0.4 is 4.72 Å². The highest BCUT2D eigenvalue weighted by Crippen LogP contribution is 2.24. The molecule has 0 bridgehead atoms. The largest absolute Gasteiger partial charge is 0.216 e. The van der Waals surface area contributed by atoms with E-state index < -0.39 is 15.6 Å². The Morgan fingerprint density at radius 3 is 2.05 bits per heavy atom. The molecule has 0 heterocycles. The number of nitrogens with one attached hydrogen (secondary N) is 1. The lowest BCUT2D eigenvalue weighted by atomic mass is 9.96. The first-order chi connectivity index (χ1) is 9.95. The van der Waals surface area contributed by atoms with Gasteiger partial charge in [-0.25, -0.2) is 13.1 Å². The van der Waals surface area contributed by atoms with Crippen molar-refractivity contribution < 1.29 is 8.42 Å². The van der Waals surface area contributed by atoms with Crippen molar-refractivity contribution in [2.45, 2.75) is 18.2 Å². The number of hydrogen-bond donors (Lipinski definition) is 1. The molecule has 0 saturated heterocycles. The summed E-state index contributed by atoms with van der Waals surface area (Å²) in [5, 5.41) is 0. The Hall–Kier alpha value is -1.36. The molecule has 1 unspecified atom stereocenters. The van der Waals surface area contributed by atoms with E-state index in [2.05, 4.69) is 4.72 Å². The zero-order valence-corrected chi connectivity index (χ0v) is 13.4. The number of sulfonamides is 1. The van der Waals surface area contributed by atoms with Crippen LogP contribution in [0.3, 0.4) is 0 Å². The molecule has 0 amide bonds. The summed E-state index contributed by atoms with van der Waals surface area (Å²) in [4.78, 5) is 0. The number of rotatable bonds is 6. The van der Waals surface area contributed by atoms with Gasteiger partial charge in [0.25, 0.3) is 0 Å². The van der Waals surface area contributed by atoms with Crippen molar-refractivity contribution >= 4 is 21.6 Å². The average Bonchev–Trinajstić information content (AvgIpc) is 2.48. The van der Waals surface area contributed by atoms with Crippen molar-refractivity contribution in [1.82, 2.24) is 4.72 Å². The molecule has 0 aromatic heterocycles. The lowest BCUT2D eigenvalue weighted by Gasteiger charge is -2.29. The van der Waals surface area contributed by atoms with E-state index in [4.69, 9.17) is 11.6 Å². The summed E-state index contributed by atoms with van der Waals surface area (Å²) >= 11 is 6.03. The summed E-state index contributed by atoms with van der Waals surface area (Å²) in [5.41, 5.74) is 0.766. The summed E-state index contributed by atoms with van der Waals surface area (Å²) in [6.45, 7) is 1.79. The third-order valence-corrected chi connectivity index (χ3v) is 5.27. The second-order valence-electron chi connectivity index (χ2n) is 5.18. The zero-order chi connectivity index (χ0) is 15.3. The molecule has 0 aliphatic rings. The molecule has 1 N–H and O–H groups in total. The van der Waals surface area contributed by atoms with E-state index in [-0.39, 0.29) is 11.6 Å². The van der Waals surface area contributed by atoms with Crippen LogP contribution in [-0.4, -0.2) is 14.3 Å². The van der Waals surface area contributed by atoms with Crippen LogP contribution in [0.5, 0.6) is 0 Å². The fourth-order valence-corrected chi connectivity index (χ4v) is 4.02. The van der Waals surface area contributed by atoms with Crippen LogP contribution in [0.1, 0.15) is 18.1 Å². The highest BCUT2D eigenvalue weighted by molar-refractivity contribution is 7.88. The van der Waals surface area contributed by atoms with Crippen LogP contribution in [0.25, 0.3) is 0 Å². The molecule has 21 heavy (non-hydrogen) atoms. The van der Waals surface area contributed by atoms with E-state index in [1.54, 1.807) is 19.1 Å². The molecule has 0 fully saturated rings. The van der Waals surface area contributed by atoms with E-state index in [0.717, 1.165) is 11.1 Å². The number of alkyl halides is 1. The van der Waals surface area contributed by atoms with Crippen molar-refractivity contribution in [3.8, 4) is 0 Å². The van der Waals surface area contributed by atoms with Crippen molar-refractivity contribution in [2.75, 3.05) is 5.88 Å². The molecule has 0 saturated carbocycles. The Morgan fingerprint density at radius 2 is 1.52 bits per heavy atom. The molecule has 5 heteroatoms. The Morgan fingerprint density at radius 1 is 1.00 bits per heavy atom. The van der Waals surface area contributed by atoms with Gasteiger partial charge >= 0.3 is 0 Å². The van der Waals surface area contributed by atoms with E-state index in [1.807, 2.05) is 48.5 Å². The Labute approximate surface area is 131 Å². The summed E-state index contributed by atoms with van der Waals surface area (Å²) in [6.07, 6.45) is 0. The number of hydrogen-bond acceptors (Lipinski definition) is 2. The first kappa shape index (κ1) is 16.0. The fourth-order valence-electron chi connectivity index (χ4n) is 2.14. The second kappa shape index (κ2) is 6.60. The molecule has 0 spiro atoms. The van der Waals surface area contributed by atoms with E-state index in [9.17, 15) is 8.42 Å². The Bertz CT molecular complexity index is 674. The van der Waals surface area contributed by atoms with E-state index in [1.165, 1.54) is 0 Å². The minimum absolute atomic E-state index is 0.0623. The van der Waals surface area contributed by atoms with Crippen molar-refractivity contribution in [3.05, 3.63) is 71.8 Å². The lowest BCUT2D eigenvalue weighted by Crippen LogP contribution is -2.45. The Balaban J connectivity index is 2.21. The summed E-state index contributed by atoms with van der Waals surface area (Å²) in [6, 6.07) is 18.4. The normalized spacial score (nSPS) is 14.6. The van der Waals surface area contributed by atoms with Gasteiger partial charge in [-0.1, -0.05) is 60.7 Å². The molecule has 3 nitrogen and oxygen atoms in total. The Kier molecular flexibility index (Phi) is 5.04. The monoisotopic (exact) mass is 323 g/mol. The maximum atomic E-state index is 12.4. The van der Waals surface area contributed by atoms with Gasteiger partial charge in [0.2, 0.25) is 10.0 Å². The predicted octanol–water partition coefficient (Wildman–Crippen LogP) is 3.26. The number of benzene rings is 2. The minimum Gasteiger partial charge on any atom is -0.212 e. The topological polar surface area (TPSA) is 46.2 Å². The summed E-state index contributed by atoms with van der Waals surface area (Å²) in [5.74, 6) is 0.0954. The van der Waals surface area contributed by atoms with Crippen LogP contribution in [-0.2, 0) is 21.3 Å². The van der Waals surface area contributed by atoms with Gasteiger partial charge in [-0.3, -0.25) is 0 Å². The van der Waals surface area contributed by atoms with E-state index >= 15 is 0 Å². The van der Waals surface area contributed by atoms with Gasteiger partial charge in [0, 0.05) is 5.88 Å². The van der Waals surface area contributed by atoms with Crippen LogP contribution in [0.15, 0.2) is 60.7 Å². The van der Waals surface area contributed by atoms with Crippen LogP contribution in [0.4, 0.5) is 0 Å². The maximum absolute atomic E-state index is 12.4. The molecule has 2 aromatic rings. The molecule has 1 atom stereocenters. The van der Waals surface area contributed by atoms with Crippen molar-refractivity contribution in [1.29, 1.82) is 0 Å². The van der Waals surface area contributed by atoms with Crippen LogP contribution >= 0.6 is 11.6 Å². The average molecular weight is 324 g/mol. The van der Waals surface area contributed by atoms with Crippen molar-refractivity contribution in [2.24, 2.45) is 0 Å². The molecular formula is C16H18ClNO2S. The lowest BCUT2D eigenvalue weighted by molar-refractivity contribution is 0.476. The zero-order valence-electron chi connectivity index (χ0n) is 11.8. The predicted molar refractivity (Wildman–Crippen MR) is 86.7 cm³/mol. The van der Waals surface area contributed by atoms with Gasteiger partial charge in [-0.2, -0.15) is 0 Å². The highest BCUT2D eigenvalue weighted by atomic mass is 35.5. The SMILES string of the molecule is CC(CCl)(NS(=O)(=O)Cc1ccccc1)c1ccccc1. The van der Waals surface area contributed by atoms with Gasteiger partial charge < -0.3 is 0 Å². The van der Waals surface area contributed by atoms with Gasteiger partial charge in [0.1, 0.15) is 0 Å². The summed E-state index contributed by atoms with van der Waals surface area (Å²) in [7, 11) is -3.49. The second-order valence-corrected chi connectivity index (χ2v) is 7.17. The van der Waals surface area contributed by atoms with Gasteiger partial charge in [-0.15, -0.1) is 11.6 Å². The van der Waals surface area contributed by atoms with Gasteiger partial charge in [-0.05, 0) is 18.1 Å². The molecule has 2 aromatic carbocycles. The molecular weight excluding hydrogens is 306 g/mol. The van der Waals surface area contributed by atoms with E-state index in [0.29, 0.717) is 0 Å². The van der Waals surface area contributed by atoms with Crippen LogP contribution in [0.2, 0.25) is 0 Å².